The third kappa shape index (κ3) is 4.19. The van der Waals surface area contributed by atoms with Gasteiger partial charge in [0, 0.05) is 17.1 Å². The lowest BCUT2D eigenvalue weighted by Gasteiger charge is -2.13. The van der Waals surface area contributed by atoms with Gasteiger partial charge >= 0.3 is 6.08 Å². The van der Waals surface area contributed by atoms with Crippen molar-refractivity contribution in [2.45, 2.75) is 18.2 Å². The van der Waals surface area contributed by atoms with Crippen LogP contribution in [0, 0.1) is 6.08 Å². The Hall–Kier alpha value is -3.37. The fourth-order valence-electron chi connectivity index (χ4n) is 3.22. The standard InChI is InChI=1S/C21H17ClFN5O3S/c1-3-12-8-13(9-14-10-25-21(23)27-18(12)14)19-20(31-2)26-17(11-24-19)28-32(29,30)16-7-5-4-6-15(16)22/h4-11H,3H2,1-2H3,(H,26,28). The highest BCUT2D eigenvalue weighted by atomic mass is 35.5. The van der Waals surface area contributed by atoms with Crippen molar-refractivity contribution in [3.05, 3.63) is 65.5 Å². The van der Waals surface area contributed by atoms with Gasteiger partial charge in [-0.15, -0.1) is 0 Å². The topological polar surface area (TPSA) is 107 Å². The van der Waals surface area contributed by atoms with Crippen molar-refractivity contribution in [1.82, 2.24) is 19.9 Å². The van der Waals surface area contributed by atoms with Gasteiger partial charge in [0.15, 0.2) is 5.82 Å². The van der Waals surface area contributed by atoms with Crippen LogP contribution in [0.15, 0.2) is 53.7 Å². The van der Waals surface area contributed by atoms with Crippen molar-refractivity contribution in [3.8, 4) is 17.1 Å². The Morgan fingerprint density at radius 2 is 1.91 bits per heavy atom. The number of aromatic nitrogens is 4. The Morgan fingerprint density at radius 3 is 2.62 bits per heavy atom. The van der Waals surface area contributed by atoms with Gasteiger partial charge in [-0.2, -0.15) is 9.37 Å². The zero-order valence-electron chi connectivity index (χ0n) is 17.0. The predicted octanol–water partition coefficient (Wildman–Crippen LogP) is 4.25. The third-order valence-corrected chi connectivity index (χ3v) is 6.54. The van der Waals surface area contributed by atoms with E-state index in [0.29, 0.717) is 28.6 Å². The molecular weight excluding hydrogens is 457 g/mol. The van der Waals surface area contributed by atoms with Crippen molar-refractivity contribution in [2.75, 3.05) is 11.8 Å². The van der Waals surface area contributed by atoms with Crippen LogP contribution in [-0.4, -0.2) is 35.5 Å². The second kappa shape index (κ2) is 8.64. The molecule has 0 radical (unpaired) electrons. The number of sulfonamides is 1. The van der Waals surface area contributed by atoms with Crippen LogP contribution in [0.2, 0.25) is 5.02 Å². The highest BCUT2D eigenvalue weighted by molar-refractivity contribution is 7.92. The Kier molecular flexibility index (Phi) is 5.90. The molecule has 32 heavy (non-hydrogen) atoms. The van der Waals surface area contributed by atoms with Crippen molar-refractivity contribution >= 4 is 38.3 Å². The first-order valence-corrected chi connectivity index (χ1v) is 11.3. The maximum absolute atomic E-state index is 13.5. The molecule has 0 fully saturated rings. The van der Waals surface area contributed by atoms with Gasteiger partial charge < -0.3 is 4.74 Å². The van der Waals surface area contributed by atoms with Crippen LogP contribution in [0.4, 0.5) is 10.2 Å². The van der Waals surface area contributed by atoms with Crippen molar-refractivity contribution in [1.29, 1.82) is 0 Å². The Balaban J connectivity index is 1.75. The summed E-state index contributed by atoms with van der Waals surface area (Å²) in [6.45, 7) is 1.92. The monoisotopic (exact) mass is 473 g/mol. The van der Waals surface area contributed by atoms with Crippen LogP contribution < -0.4 is 9.46 Å². The fourth-order valence-corrected chi connectivity index (χ4v) is 4.73. The van der Waals surface area contributed by atoms with Gasteiger partial charge in [0.25, 0.3) is 10.0 Å². The minimum Gasteiger partial charge on any atom is -0.479 e. The van der Waals surface area contributed by atoms with Crippen molar-refractivity contribution in [3.63, 3.8) is 0 Å². The molecule has 2 aromatic heterocycles. The van der Waals surface area contributed by atoms with E-state index in [4.69, 9.17) is 16.3 Å². The number of rotatable bonds is 6. The number of hydrogen-bond donors (Lipinski definition) is 1. The molecule has 4 rings (SSSR count). The fraction of sp³-hybridized carbons (Fsp3) is 0.143. The molecule has 0 amide bonds. The molecule has 0 spiro atoms. The molecule has 0 aliphatic carbocycles. The number of nitrogens with zero attached hydrogens (tertiary/aromatic N) is 4. The van der Waals surface area contributed by atoms with Crippen LogP contribution >= 0.6 is 11.6 Å². The number of benzene rings is 2. The maximum Gasteiger partial charge on any atom is 0.309 e. The number of anilines is 1. The third-order valence-electron chi connectivity index (χ3n) is 4.69. The largest absolute Gasteiger partial charge is 0.479 e. The Morgan fingerprint density at radius 1 is 1.12 bits per heavy atom. The minimum absolute atomic E-state index is 0.0348. The summed E-state index contributed by atoms with van der Waals surface area (Å²) in [7, 11) is -2.58. The summed E-state index contributed by atoms with van der Waals surface area (Å²) < 4.78 is 46.6. The van der Waals surface area contributed by atoms with Crippen LogP contribution in [0.3, 0.4) is 0 Å². The summed E-state index contributed by atoms with van der Waals surface area (Å²) in [5.74, 6) is 0.0706. The number of aryl methyl sites for hydroxylation is 1. The maximum atomic E-state index is 13.5. The van der Waals surface area contributed by atoms with E-state index < -0.39 is 16.1 Å². The van der Waals surface area contributed by atoms with Gasteiger partial charge in [-0.25, -0.2) is 23.4 Å². The van der Waals surface area contributed by atoms with Crippen LogP contribution in [0.1, 0.15) is 12.5 Å². The summed E-state index contributed by atoms with van der Waals surface area (Å²) in [5, 5.41) is 0.714. The first-order valence-electron chi connectivity index (χ1n) is 9.46. The first kappa shape index (κ1) is 21.8. The zero-order valence-corrected chi connectivity index (χ0v) is 18.6. The second-order valence-corrected chi connectivity index (χ2v) is 8.77. The average molecular weight is 474 g/mol. The highest BCUT2D eigenvalue weighted by Gasteiger charge is 2.20. The molecule has 0 saturated heterocycles. The second-order valence-electron chi connectivity index (χ2n) is 6.71. The molecule has 0 aliphatic rings. The smallest absolute Gasteiger partial charge is 0.309 e. The summed E-state index contributed by atoms with van der Waals surface area (Å²) in [5.41, 5.74) is 2.34. The zero-order chi connectivity index (χ0) is 22.9. The molecular formula is C21H17ClFN5O3S. The summed E-state index contributed by atoms with van der Waals surface area (Å²) in [4.78, 5) is 16.0. The molecule has 0 aliphatic heterocycles. The van der Waals surface area contributed by atoms with Crippen molar-refractivity contribution in [2.24, 2.45) is 0 Å². The van der Waals surface area contributed by atoms with E-state index in [9.17, 15) is 12.8 Å². The predicted molar refractivity (Wildman–Crippen MR) is 119 cm³/mol. The molecule has 1 N–H and O–H groups in total. The Bertz CT molecular complexity index is 1430. The molecule has 164 valence electrons. The first-order chi connectivity index (χ1) is 15.3. The highest BCUT2D eigenvalue weighted by Crippen LogP contribution is 2.32. The van der Waals surface area contributed by atoms with E-state index in [0.717, 1.165) is 5.56 Å². The van der Waals surface area contributed by atoms with E-state index in [-0.39, 0.29) is 21.6 Å². The number of hydrogen-bond acceptors (Lipinski definition) is 7. The van der Waals surface area contributed by atoms with Gasteiger partial charge in [0.2, 0.25) is 5.88 Å². The molecule has 2 aromatic carbocycles. The van der Waals surface area contributed by atoms with Gasteiger partial charge in [0.05, 0.1) is 23.8 Å². The number of ether oxygens (including phenoxy) is 1. The van der Waals surface area contributed by atoms with E-state index in [2.05, 4.69) is 24.7 Å². The summed E-state index contributed by atoms with van der Waals surface area (Å²) >= 11 is 6.01. The van der Waals surface area contributed by atoms with Gasteiger partial charge in [0.1, 0.15) is 10.6 Å². The molecule has 11 heteroatoms. The molecule has 0 unspecified atom stereocenters. The normalized spacial score (nSPS) is 11.5. The number of methoxy groups -OCH3 is 1. The van der Waals surface area contributed by atoms with Crippen LogP contribution in [-0.2, 0) is 16.4 Å². The molecule has 0 bridgehead atoms. The SMILES string of the molecule is CCc1cc(-c2ncc(NS(=O)(=O)c3ccccc3Cl)nc2OC)cc2cnc(F)nc12. The molecule has 2 heterocycles. The molecule has 8 nitrogen and oxygen atoms in total. The van der Waals surface area contributed by atoms with Crippen molar-refractivity contribution < 1.29 is 17.5 Å². The number of fused-ring (bicyclic) bond motifs is 1. The van der Waals surface area contributed by atoms with Gasteiger partial charge in [-0.1, -0.05) is 30.7 Å². The lowest BCUT2D eigenvalue weighted by atomic mass is 10.0. The van der Waals surface area contributed by atoms with E-state index >= 15 is 0 Å². The molecule has 0 saturated carbocycles. The van der Waals surface area contributed by atoms with E-state index in [1.807, 2.05) is 13.0 Å². The lowest BCUT2D eigenvalue weighted by Crippen LogP contribution is -2.15. The lowest BCUT2D eigenvalue weighted by molar-refractivity contribution is 0.398. The Labute approximate surface area is 188 Å². The molecule has 4 aromatic rings. The number of halogens is 2. The van der Waals surface area contributed by atoms with Crippen LogP contribution in [0.25, 0.3) is 22.2 Å². The van der Waals surface area contributed by atoms with E-state index in [1.54, 1.807) is 18.2 Å². The van der Waals surface area contributed by atoms with Gasteiger partial charge in [-0.05, 0) is 36.2 Å². The summed E-state index contributed by atoms with van der Waals surface area (Å²) in [6.07, 6.45) is 2.48. The van der Waals surface area contributed by atoms with E-state index in [1.165, 1.54) is 31.6 Å². The number of nitrogens with one attached hydrogen (secondary N) is 1. The van der Waals surface area contributed by atoms with Crippen LogP contribution in [0.5, 0.6) is 5.88 Å². The molecule has 0 atom stereocenters. The quantitative estimate of drug-likeness (QED) is 0.417. The summed E-state index contributed by atoms with van der Waals surface area (Å²) in [6, 6.07) is 9.62. The minimum atomic E-state index is -3.98. The average Bonchev–Trinajstić information content (AvgIpc) is 2.78. The van der Waals surface area contributed by atoms with Gasteiger partial charge in [-0.3, -0.25) is 4.72 Å².